The summed E-state index contributed by atoms with van der Waals surface area (Å²) in [5, 5.41) is 59.4. The first-order chi connectivity index (χ1) is 34.6. The summed E-state index contributed by atoms with van der Waals surface area (Å²) >= 11 is 1.16. The van der Waals surface area contributed by atoms with Gasteiger partial charge in [0.25, 0.3) is 5.95 Å². The maximum atomic E-state index is 10.8. The predicted molar refractivity (Wildman–Crippen MR) is 293 cm³/mol. The van der Waals surface area contributed by atoms with Gasteiger partial charge in [-0.25, -0.2) is 9.97 Å². The van der Waals surface area contributed by atoms with Crippen molar-refractivity contribution in [2.75, 3.05) is 34.9 Å². The van der Waals surface area contributed by atoms with Gasteiger partial charge >= 0.3 is 0 Å². The summed E-state index contributed by atoms with van der Waals surface area (Å²) in [4.78, 5) is 16.7. The van der Waals surface area contributed by atoms with Crippen molar-refractivity contribution in [2.45, 2.75) is 109 Å². The summed E-state index contributed by atoms with van der Waals surface area (Å²) in [7, 11) is 3.87. The number of hydrogen-bond donors (Lipinski definition) is 3. The first-order valence-corrected chi connectivity index (χ1v) is 24.7. The van der Waals surface area contributed by atoms with Crippen LogP contribution in [0.3, 0.4) is 0 Å². The summed E-state index contributed by atoms with van der Waals surface area (Å²) in [6.45, 7) is 30.7. The summed E-state index contributed by atoms with van der Waals surface area (Å²) in [5.41, 5.74) is 16.9. The van der Waals surface area contributed by atoms with Crippen LogP contribution in [0.15, 0.2) is 69.2 Å². The molecule has 0 spiro atoms. The number of nitrogens with zero attached hydrogens (tertiary/aromatic N) is 15. The third-order valence-electron chi connectivity index (χ3n) is 12.7. The Hall–Kier alpha value is -8.24. The standard InChI is InChI=1S/C54H62N18S/c1-27-18-30(4)41(31(5)19-27)60-48-43(34(8)24-40(59-48)70(17)45-35(9)22-29(3)23-36(45)10)63-65-50-39(25-55)46(54(13,14)15)69-71(50)52-67-68-53(73-52)72-51(57-26-58-72)66-64-44-37(11)38(12)47(56-16)62-49(44)61-42-32(6)20-28(2)21-33(42)7/h18-24,26H,1-17H3,(H,59,60)(H2,56,61,62). The minimum atomic E-state index is -0.558. The molecular formula is C54H62N18S. The molecule has 0 atom stereocenters. The van der Waals surface area contributed by atoms with Crippen LogP contribution in [0.4, 0.5) is 63.5 Å². The largest absolute Gasteiger partial charge is 0.373 e. The Kier molecular flexibility index (Phi) is 14.1. The molecule has 0 amide bonds. The first kappa shape index (κ1) is 51.1. The number of pyridine rings is 2. The maximum Gasteiger partial charge on any atom is 0.274 e. The van der Waals surface area contributed by atoms with Crippen molar-refractivity contribution in [1.29, 1.82) is 5.26 Å². The van der Waals surface area contributed by atoms with E-state index in [4.69, 9.17) is 30.4 Å². The number of hydrogen-bond acceptors (Lipinski definition) is 17. The number of aromatic nitrogens is 9. The van der Waals surface area contributed by atoms with Crippen molar-refractivity contribution in [3.63, 3.8) is 0 Å². The normalized spacial score (nSPS) is 11.8. The number of benzene rings is 3. The van der Waals surface area contributed by atoms with Gasteiger partial charge in [0.15, 0.2) is 17.5 Å². The van der Waals surface area contributed by atoms with Gasteiger partial charge in [0.1, 0.15) is 41.0 Å². The molecule has 0 saturated heterocycles. The molecule has 3 aromatic carbocycles. The van der Waals surface area contributed by atoms with Gasteiger partial charge in [-0.2, -0.15) is 29.8 Å². The average molecular weight is 995 g/mol. The molecule has 8 rings (SSSR count). The molecule has 73 heavy (non-hydrogen) atoms. The smallest absolute Gasteiger partial charge is 0.274 e. The zero-order chi connectivity index (χ0) is 52.8. The fraction of sp³-hybridized carbons (Fsp3) is 0.333. The Morgan fingerprint density at radius 1 is 0.616 bits per heavy atom. The van der Waals surface area contributed by atoms with E-state index in [0.717, 1.165) is 95.7 Å². The highest BCUT2D eigenvalue weighted by Gasteiger charge is 2.30. The fourth-order valence-corrected chi connectivity index (χ4v) is 10.1. The molecule has 0 saturated carbocycles. The Labute approximate surface area is 430 Å². The van der Waals surface area contributed by atoms with Crippen molar-refractivity contribution in [3.05, 3.63) is 127 Å². The van der Waals surface area contributed by atoms with Crippen LogP contribution >= 0.6 is 11.3 Å². The van der Waals surface area contributed by atoms with Gasteiger partial charge in [-0.05, 0) is 139 Å². The van der Waals surface area contributed by atoms with E-state index in [0.29, 0.717) is 39.0 Å². The van der Waals surface area contributed by atoms with Crippen LogP contribution in [-0.2, 0) is 5.41 Å². The van der Waals surface area contributed by atoms with E-state index >= 15 is 0 Å². The third-order valence-corrected chi connectivity index (χ3v) is 13.6. The van der Waals surface area contributed by atoms with E-state index in [1.165, 1.54) is 26.8 Å². The average Bonchev–Trinajstić information content (AvgIpc) is 4.08. The third kappa shape index (κ3) is 10.2. The second kappa shape index (κ2) is 20.1. The number of aryl methyl sites for hydroxylation is 10. The molecule has 3 N–H and O–H groups in total. The maximum absolute atomic E-state index is 10.8. The van der Waals surface area contributed by atoms with Crippen LogP contribution in [0.2, 0.25) is 0 Å². The summed E-state index contributed by atoms with van der Waals surface area (Å²) in [5.74, 6) is 2.81. The SMILES string of the molecule is CNc1nc(Nc2c(C)cc(C)cc2C)c(N=Nc2ncnn2-c2nnc(-n3nc(C(C)(C)C)c(C#N)c3N=Nc3c(C)cc(N(C)c4c(C)cc(C)cc4C)nc3Nc3c(C)cc(C)cc3C)s2)c(C)c1C. The molecule has 0 aliphatic heterocycles. The van der Waals surface area contributed by atoms with Crippen LogP contribution in [0.5, 0.6) is 0 Å². The Morgan fingerprint density at radius 2 is 1.14 bits per heavy atom. The van der Waals surface area contributed by atoms with Gasteiger partial charge < -0.3 is 20.9 Å². The van der Waals surface area contributed by atoms with Gasteiger partial charge in [0.05, 0.1) is 5.69 Å². The number of azo groups is 2. The van der Waals surface area contributed by atoms with Gasteiger partial charge in [-0.1, -0.05) is 85.2 Å². The zero-order valence-electron chi connectivity index (χ0n) is 44.7. The number of rotatable bonds is 13. The molecule has 374 valence electrons. The van der Waals surface area contributed by atoms with Gasteiger partial charge in [0.2, 0.25) is 10.3 Å². The van der Waals surface area contributed by atoms with Crippen molar-refractivity contribution in [2.24, 2.45) is 20.5 Å². The molecule has 8 aromatic rings. The van der Waals surface area contributed by atoms with E-state index in [2.05, 4.69) is 151 Å². The Morgan fingerprint density at radius 3 is 1.67 bits per heavy atom. The van der Waals surface area contributed by atoms with Crippen LogP contribution in [-0.4, -0.2) is 58.8 Å². The van der Waals surface area contributed by atoms with Crippen LogP contribution < -0.4 is 20.9 Å². The van der Waals surface area contributed by atoms with E-state index in [-0.39, 0.29) is 17.3 Å². The lowest BCUT2D eigenvalue weighted by Crippen LogP contribution is -2.15. The lowest BCUT2D eigenvalue weighted by Gasteiger charge is -2.25. The van der Waals surface area contributed by atoms with Gasteiger partial charge in [-0.15, -0.1) is 30.7 Å². The van der Waals surface area contributed by atoms with Crippen LogP contribution in [0.25, 0.3) is 10.3 Å². The minimum Gasteiger partial charge on any atom is -0.373 e. The zero-order valence-corrected chi connectivity index (χ0v) is 45.6. The molecule has 19 heteroatoms. The molecule has 0 fully saturated rings. The highest BCUT2D eigenvalue weighted by Crippen LogP contribution is 2.42. The molecule has 0 aliphatic rings. The lowest BCUT2D eigenvalue weighted by molar-refractivity contribution is 0.558. The van der Waals surface area contributed by atoms with Gasteiger partial charge in [-0.3, -0.25) is 0 Å². The van der Waals surface area contributed by atoms with E-state index in [1.54, 1.807) is 0 Å². The van der Waals surface area contributed by atoms with E-state index < -0.39 is 5.41 Å². The molecular weight excluding hydrogens is 933 g/mol. The van der Waals surface area contributed by atoms with Crippen molar-refractivity contribution in [1.82, 2.24) is 44.7 Å². The molecule has 5 aromatic heterocycles. The quantitative estimate of drug-likeness (QED) is 0.0921. The second-order valence-electron chi connectivity index (χ2n) is 19.8. The number of anilines is 7. The molecule has 0 bridgehead atoms. The van der Waals surface area contributed by atoms with Crippen molar-refractivity contribution >= 4 is 74.8 Å². The number of nitriles is 1. The lowest BCUT2D eigenvalue weighted by atomic mass is 9.90. The predicted octanol–water partition coefficient (Wildman–Crippen LogP) is 14.1. The fourth-order valence-electron chi connectivity index (χ4n) is 9.35. The highest BCUT2D eigenvalue weighted by molar-refractivity contribution is 7.16. The monoisotopic (exact) mass is 995 g/mol. The first-order valence-electron chi connectivity index (χ1n) is 23.9. The minimum absolute atomic E-state index is 0.156. The summed E-state index contributed by atoms with van der Waals surface area (Å²) in [6.07, 6.45) is 1.38. The van der Waals surface area contributed by atoms with Crippen LogP contribution in [0.1, 0.15) is 98.8 Å². The molecule has 0 unspecified atom stereocenters. The van der Waals surface area contributed by atoms with Crippen molar-refractivity contribution in [3.8, 4) is 16.3 Å². The summed E-state index contributed by atoms with van der Waals surface area (Å²) in [6, 6.07) is 17.3. The Bertz CT molecular complexity index is 3490. The molecule has 18 nitrogen and oxygen atoms in total. The molecule has 0 radical (unpaired) electrons. The van der Waals surface area contributed by atoms with E-state index in [1.807, 2.05) is 61.7 Å². The highest BCUT2D eigenvalue weighted by atomic mass is 32.1. The van der Waals surface area contributed by atoms with E-state index in [9.17, 15) is 5.26 Å². The topological polar surface area (TPSA) is 213 Å². The van der Waals surface area contributed by atoms with Crippen LogP contribution in [0, 0.1) is 94.4 Å². The van der Waals surface area contributed by atoms with Crippen molar-refractivity contribution < 1.29 is 0 Å². The molecule has 0 aliphatic carbocycles. The number of nitrogens with one attached hydrogen (secondary N) is 3. The Balaban J connectivity index is 1.20. The molecule has 5 heterocycles. The summed E-state index contributed by atoms with van der Waals surface area (Å²) < 4.78 is 2.95. The second-order valence-corrected chi connectivity index (χ2v) is 20.8. The van der Waals surface area contributed by atoms with Gasteiger partial charge in [0, 0.05) is 36.6 Å².